The largest absolute Gasteiger partial charge is 0.472 e. The maximum Gasteiger partial charge on any atom is 0.472 e. The van der Waals surface area contributed by atoms with Crippen molar-refractivity contribution in [3.8, 4) is 0 Å². The van der Waals surface area contributed by atoms with Crippen LogP contribution in [0.15, 0.2) is 24.4 Å². The minimum atomic E-state index is -4.81. The van der Waals surface area contributed by atoms with Crippen LogP contribution in [0.3, 0.4) is 0 Å². The summed E-state index contributed by atoms with van der Waals surface area (Å²) in [4.78, 5) is 91.8. The number of ether oxygens (including phenoxy) is 2. The molecule has 0 saturated heterocycles. The highest BCUT2D eigenvalue weighted by atomic mass is 31.2. The van der Waals surface area contributed by atoms with Crippen LogP contribution in [0, 0.1) is 12.8 Å². The van der Waals surface area contributed by atoms with Gasteiger partial charge in [0.15, 0.2) is 5.78 Å². The van der Waals surface area contributed by atoms with Crippen molar-refractivity contribution in [2.45, 2.75) is 265 Å². The molecule has 0 radical (unpaired) electrons. The molecule has 0 saturated carbocycles. The van der Waals surface area contributed by atoms with Gasteiger partial charge in [-0.3, -0.25) is 37.8 Å². The molecule has 2 aromatic rings. The Morgan fingerprint density at radius 2 is 1.18 bits per heavy atom. The zero-order valence-corrected chi connectivity index (χ0v) is 49.4. The molecule has 1 unspecified atom stereocenters. The Balaban J connectivity index is 1.88. The fourth-order valence-electron chi connectivity index (χ4n) is 9.38. The quantitative estimate of drug-likeness (QED) is 0.0237. The van der Waals surface area contributed by atoms with Crippen LogP contribution in [0.1, 0.15) is 245 Å². The third-order valence-corrected chi connectivity index (χ3v) is 15.3. The van der Waals surface area contributed by atoms with Gasteiger partial charge in [0.05, 0.1) is 19.6 Å². The first-order chi connectivity index (χ1) is 37.1. The normalized spacial score (nSPS) is 13.8. The lowest BCUT2D eigenvalue weighted by atomic mass is 9.97. The van der Waals surface area contributed by atoms with Gasteiger partial charge >= 0.3 is 19.8 Å². The molecule has 5 atom stereocenters. The van der Waals surface area contributed by atoms with E-state index in [2.05, 4.69) is 34.8 Å². The standard InChI is InChI=1S/C60H103N4O12P/c1-7-10-12-14-16-18-20-22-24-26-28-30-32-34-57(68)73-45-51(76-58(69)35-33-31-29-27-25-23-21-19-17-15-13-11-8-2)37-39-55(66)54(63-49(6)65)46-75-77(71,72)74-41-40-61-60(70)59(48(5)9-3)64-56(67)43-50-44-62-53-38-36-47(4)42-52(50)53/h36,38,42,44,48,51,54,59,62H,7-35,37,39-41,43,45-46H2,1-6H3,(H,61,70)(H,63,65)(H,64,67)(H,71,72)/t48-,51-,54-,59-/m0/s1. The van der Waals surface area contributed by atoms with Crippen LogP contribution in [0.2, 0.25) is 0 Å². The number of aromatic nitrogens is 1. The molecule has 16 nitrogen and oxygen atoms in total. The Kier molecular flexibility index (Phi) is 38.3. The van der Waals surface area contributed by atoms with Gasteiger partial charge in [-0.05, 0) is 49.8 Å². The predicted molar refractivity (Wildman–Crippen MR) is 306 cm³/mol. The summed E-state index contributed by atoms with van der Waals surface area (Å²) in [6.45, 7) is 9.77. The van der Waals surface area contributed by atoms with Gasteiger partial charge in [0.2, 0.25) is 17.7 Å². The SMILES string of the molecule is CCCCCCCCCCCCCCCC(=O)OC[C@H](CCC(=O)[C@H](COP(=O)(O)OCCNC(=O)[C@@H](NC(=O)Cc1c[nH]c2ccc(C)cc12)[C@@H](C)CC)NC(C)=O)OC(=O)CCCCCCCCCCCCCCC. The number of unbranched alkanes of at least 4 members (excludes halogenated alkanes) is 24. The number of H-pyrrole nitrogens is 1. The number of hydrogen-bond acceptors (Lipinski definition) is 11. The van der Waals surface area contributed by atoms with Crippen LogP contribution in [0.4, 0.5) is 0 Å². The number of amides is 3. The molecule has 0 spiro atoms. The third-order valence-electron chi connectivity index (χ3n) is 14.3. The summed E-state index contributed by atoms with van der Waals surface area (Å²) < 4.78 is 34.6. The van der Waals surface area contributed by atoms with E-state index in [4.69, 9.17) is 18.5 Å². The number of carbonyl (C=O) groups is 6. The number of benzene rings is 1. The summed E-state index contributed by atoms with van der Waals surface area (Å²) in [5, 5.41) is 8.87. The Bertz CT molecular complexity index is 2010. The monoisotopic (exact) mass is 1100 g/mol. The Morgan fingerprint density at radius 3 is 1.70 bits per heavy atom. The van der Waals surface area contributed by atoms with E-state index in [0.717, 1.165) is 60.6 Å². The topological polar surface area (TPSA) is 229 Å². The van der Waals surface area contributed by atoms with E-state index in [1.165, 1.54) is 122 Å². The molecule has 0 aliphatic heterocycles. The van der Waals surface area contributed by atoms with E-state index >= 15 is 0 Å². The van der Waals surface area contributed by atoms with Crippen LogP contribution in [-0.4, -0.2) is 89.9 Å². The van der Waals surface area contributed by atoms with E-state index < -0.39 is 68.8 Å². The van der Waals surface area contributed by atoms with Crippen molar-refractivity contribution in [2.75, 3.05) is 26.4 Å². The number of esters is 2. The van der Waals surface area contributed by atoms with Gasteiger partial charge < -0.3 is 35.3 Å². The minimum Gasteiger partial charge on any atom is -0.462 e. The van der Waals surface area contributed by atoms with Gasteiger partial charge in [0.1, 0.15) is 24.8 Å². The number of nitrogens with one attached hydrogen (secondary N) is 4. The maximum absolute atomic E-state index is 13.6. The van der Waals surface area contributed by atoms with Crippen molar-refractivity contribution in [3.63, 3.8) is 0 Å². The van der Waals surface area contributed by atoms with Crippen LogP contribution >= 0.6 is 7.82 Å². The fourth-order valence-corrected chi connectivity index (χ4v) is 10.1. The van der Waals surface area contributed by atoms with Gasteiger partial charge in [0.25, 0.3) is 0 Å². The second-order valence-electron chi connectivity index (χ2n) is 21.4. The fraction of sp³-hybridized carbons (Fsp3) is 0.767. The lowest BCUT2D eigenvalue weighted by Gasteiger charge is -2.24. The summed E-state index contributed by atoms with van der Waals surface area (Å²) in [6.07, 6.45) is 32.3. The molecule has 0 aliphatic carbocycles. The summed E-state index contributed by atoms with van der Waals surface area (Å²) in [7, 11) is -4.81. The van der Waals surface area contributed by atoms with Crippen LogP contribution in [-0.2, 0) is 58.3 Å². The van der Waals surface area contributed by atoms with Gasteiger partial charge in [-0.15, -0.1) is 0 Å². The molecule has 3 amide bonds. The molecule has 1 heterocycles. The van der Waals surface area contributed by atoms with E-state index in [9.17, 15) is 38.2 Å². The number of phosphoric acid groups is 1. The van der Waals surface area contributed by atoms with Crippen molar-refractivity contribution >= 4 is 54.2 Å². The summed E-state index contributed by atoms with van der Waals surface area (Å²) >= 11 is 0. The minimum absolute atomic E-state index is 0.0287. The van der Waals surface area contributed by atoms with Crippen LogP contribution in [0.5, 0.6) is 0 Å². The molecule has 0 fully saturated rings. The lowest BCUT2D eigenvalue weighted by molar-refractivity contribution is -0.160. The van der Waals surface area contributed by atoms with Crippen LogP contribution in [0.25, 0.3) is 10.9 Å². The molecule has 440 valence electrons. The molecule has 0 bridgehead atoms. The number of aromatic amines is 1. The number of phosphoric ester groups is 1. The number of ketones is 1. The second kappa shape index (κ2) is 42.8. The smallest absolute Gasteiger partial charge is 0.462 e. The first kappa shape index (κ1) is 69.0. The molecular weight excluding hydrogens is 1000 g/mol. The Morgan fingerprint density at radius 1 is 0.662 bits per heavy atom. The maximum atomic E-state index is 13.6. The molecule has 17 heteroatoms. The molecular formula is C60H103N4O12P. The second-order valence-corrected chi connectivity index (χ2v) is 22.9. The molecule has 2 rings (SSSR count). The first-order valence-electron chi connectivity index (χ1n) is 30.0. The average Bonchev–Trinajstić information content (AvgIpc) is 3.79. The Labute approximate surface area is 463 Å². The van der Waals surface area contributed by atoms with Gasteiger partial charge in [0, 0.05) is 49.8 Å². The van der Waals surface area contributed by atoms with Gasteiger partial charge in [-0.2, -0.15) is 0 Å². The summed E-state index contributed by atoms with van der Waals surface area (Å²) in [5.41, 5.74) is 2.76. The number of Topliss-reactive ketones (excluding diaryl/α,β-unsaturated/α-hetero) is 1. The Hall–Kier alpha value is -4.11. The number of aryl methyl sites for hydroxylation is 1. The highest BCUT2D eigenvalue weighted by Gasteiger charge is 2.30. The predicted octanol–water partition coefficient (Wildman–Crippen LogP) is 13.1. The third kappa shape index (κ3) is 33.8. The molecule has 0 aliphatic rings. The van der Waals surface area contributed by atoms with Crippen LogP contribution < -0.4 is 16.0 Å². The summed E-state index contributed by atoms with van der Waals surface area (Å²) in [5.74, 6) is -3.08. The number of hydrogen-bond donors (Lipinski definition) is 5. The average molecular weight is 1100 g/mol. The summed E-state index contributed by atoms with van der Waals surface area (Å²) in [6, 6.07) is 3.68. The van der Waals surface area contributed by atoms with E-state index in [-0.39, 0.29) is 57.1 Å². The highest BCUT2D eigenvalue weighted by Crippen LogP contribution is 2.43. The van der Waals surface area contributed by atoms with E-state index in [0.29, 0.717) is 19.3 Å². The van der Waals surface area contributed by atoms with E-state index in [1.807, 2.05) is 39.0 Å². The number of rotatable bonds is 49. The van der Waals surface area contributed by atoms with Crippen molar-refractivity contribution < 1.29 is 56.7 Å². The highest BCUT2D eigenvalue weighted by molar-refractivity contribution is 7.47. The van der Waals surface area contributed by atoms with Gasteiger partial charge in [-0.25, -0.2) is 4.57 Å². The first-order valence-corrected chi connectivity index (χ1v) is 31.5. The van der Waals surface area contributed by atoms with E-state index in [1.54, 1.807) is 6.20 Å². The van der Waals surface area contributed by atoms with Gasteiger partial charge in [-0.1, -0.05) is 200 Å². The molecule has 1 aromatic carbocycles. The molecule has 77 heavy (non-hydrogen) atoms. The molecule has 5 N–H and O–H groups in total. The van der Waals surface area contributed by atoms with Crippen molar-refractivity contribution in [3.05, 3.63) is 35.5 Å². The number of carbonyl (C=O) groups excluding carboxylic acids is 6. The van der Waals surface area contributed by atoms with Crippen molar-refractivity contribution in [1.82, 2.24) is 20.9 Å². The zero-order valence-electron chi connectivity index (χ0n) is 48.5. The van der Waals surface area contributed by atoms with Crippen molar-refractivity contribution in [2.24, 2.45) is 5.92 Å². The van der Waals surface area contributed by atoms with Crippen molar-refractivity contribution in [1.29, 1.82) is 0 Å². The zero-order chi connectivity index (χ0) is 56.5. The number of fused-ring (bicyclic) bond motifs is 1. The molecule has 1 aromatic heterocycles. The lowest BCUT2D eigenvalue weighted by Crippen LogP contribution is -2.51.